The molecule has 6 nitrogen and oxygen atoms in total. The molecule has 0 bridgehead atoms. The summed E-state index contributed by atoms with van der Waals surface area (Å²) in [6, 6.07) is -0.590. The number of anilines is 1. The molecular weight excluding hydrogens is 256 g/mol. The lowest BCUT2D eigenvalue weighted by molar-refractivity contribution is -0.142. The van der Waals surface area contributed by atoms with Gasteiger partial charge in [-0.2, -0.15) is 4.37 Å². The summed E-state index contributed by atoms with van der Waals surface area (Å²) >= 11 is 1.03. The van der Waals surface area contributed by atoms with Gasteiger partial charge in [-0.25, -0.2) is 9.59 Å². The van der Waals surface area contributed by atoms with E-state index in [4.69, 9.17) is 5.11 Å². The third-order valence-corrected chi connectivity index (χ3v) is 3.35. The normalized spacial score (nSPS) is 12.3. The molecule has 1 aromatic heterocycles. The highest BCUT2D eigenvalue weighted by atomic mass is 32.1. The van der Waals surface area contributed by atoms with Gasteiger partial charge in [0, 0.05) is 0 Å². The first-order chi connectivity index (χ1) is 8.38. The number of carboxylic acids is 1. The number of carboxylic acid groups (broad SMARTS) is 1. The van der Waals surface area contributed by atoms with Gasteiger partial charge in [0.05, 0.1) is 12.8 Å². The lowest BCUT2D eigenvalue weighted by Gasteiger charge is -2.20. The molecule has 0 fully saturated rings. The highest BCUT2D eigenvalue weighted by molar-refractivity contribution is 7.10. The molecule has 0 aliphatic rings. The molecule has 1 rings (SSSR count). The summed E-state index contributed by atoms with van der Waals surface area (Å²) in [5.41, 5.74) is 0.539. The summed E-state index contributed by atoms with van der Waals surface area (Å²) in [4.78, 5) is 22.7. The van der Waals surface area contributed by atoms with E-state index < -0.39 is 18.0 Å². The van der Waals surface area contributed by atoms with Gasteiger partial charge in [-0.1, -0.05) is 13.8 Å². The number of carbonyl (C=O) groups excluding carboxylic acids is 1. The van der Waals surface area contributed by atoms with Crippen LogP contribution in [0.1, 0.15) is 29.9 Å². The second kappa shape index (κ2) is 5.81. The van der Waals surface area contributed by atoms with Gasteiger partial charge in [-0.15, -0.1) is 0 Å². The first-order valence-corrected chi connectivity index (χ1v) is 6.19. The molecule has 0 saturated carbocycles. The Kier molecular flexibility index (Phi) is 4.66. The molecule has 1 atom stereocenters. The summed E-state index contributed by atoms with van der Waals surface area (Å²) in [6.45, 7) is 5.32. The Labute approximate surface area is 109 Å². The van der Waals surface area contributed by atoms with Crippen molar-refractivity contribution >= 4 is 28.5 Å². The highest BCUT2D eigenvalue weighted by Crippen LogP contribution is 2.26. The van der Waals surface area contributed by atoms with Gasteiger partial charge < -0.3 is 15.2 Å². The lowest BCUT2D eigenvalue weighted by Crippen LogP contribution is -2.35. The van der Waals surface area contributed by atoms with Gasteiger partial charge in [0.1, 0.15) is 16.6 Å². The lowest BCUT2D eigenvalue weighted by atomic mass is 10.0. The number of nitrogens with one attached hydrogen (secondary N) is 1. The maximum atomic E-state index is 11.6. The minimum Gasteiger partial charge on any atom is -0.478 e. The van der Waals surface area contributed by atoms with Crippen LogP contribution >= 0.6 is 11.5 Å². The molecule has 1 unspecified atom stereocenters. The Bertz CT molecular complexity index is 456. The zero-order chi connectivity index (χ0) is 13.9. The number of esters is 1. The van der Waals surface area contributed by atoms with Crippen LogP contribution in [-0.2, 0) is 9.53 Å². The van der Waals surface area contributed by atoms with Crippen LogP contribution < -0.4 is 5.32 Å². The van der Waals surface area contributed by atoms with Gasteiger partial charge in [0.2, 0.25) is 0 Å². The van der Waals surface area contributed by atoms with E-state index in [1.807, 2.05) is 13.8 Å². The summed E-state index contributed by atoms with van der Waals surface area (Å²) in [6.07, 6.45) is 0. The number of methoxy groups -OCH3 is 1. The quantitative estimate of drug-likeness (QED) is 0.794. The van der Waals surface area contributed by atoms with Crippen LogP contribution in [0, 0.1) is 12.8 Å². The maximum Gasteiger partial charge on any atom is 0.340 e. The molecular formula is C11H16N2O4S. The van der Waals surface area contributed by atoms with Crippen molar-refractivity contribution in [3.63, 3.8) is 0 Å². The zero-order valence-electron chi connectivity index (χ0n) is 10.7. The molecule has 1 heterocycles. The van der Waals surface area contributed by atoms with Crippen molar-refractivity contribution in [3.05, 3.63) is 11.3 Å². The van der Waals surface area contributed by atoms with Crippen molar-refractivity contribution in [2.45, 2.75) is 26.8 Å². The fraction of sp³-hybridized carbons (Fsp3) is 0.545. The fourth-order valence-corrected chi connectivity index (χ4v) is 2.31. The van der Waals surface area contributed by atoms with Crippen LogP contribution in [0.3, 0.4) is 0 Å². The molecule has 0 radical (unpaired) electrons. The summed E-state index contributed by atoms with van der Waals surface area (Å²) in [5.74, 6) is -1.51. The van der Waals surface area contributed by atoms with Gasteiger partial charge in [0.15, 0.2) is 0 Å². The van der Waals surface area contributed by atoms with E-state index in [9.17, 15) is 9.59 Å². The van der Waals surface area contributed by atoms with Gasteiger partial charge in [-0.3, -0.25) is 0 Å². The molecule has 0 aliphatic carbocycles. The smallest absolute Gasteiger partial charge is 0.340 e. The zero-order valence-corrected chi connectivity index (χ0v) is 11.5. The van der Waals surface area contributed by atoms with E-state index in [0.29, 0.717) is 10.7 Å². The van der Waals surface area contributed by atoms with Crippen molar-refractivity contribution in [1.29, 1.82) is 0 Å². The summed E-state index contributed by atoms with van der Waals surface area (Å²) in [7, 11) is 1.30. The van der Waals surface area contributed by atoms with E-state index in [1.165, 1.54) is 7.11 Å². The van der Waals surface area contributed by atoms with Gasteiger partial charge in [-0.05, 0) is 24.4 Å². The predicted octanol–water partition coefficient (Wildman–Crippen LogP) is 1.76. The van der Waals surface area contributed by atoms with Crippen molar-refractivity contribution in [2.24, 2.45) is 5.92 Å². The minimum atomic E-state index is -1.06. The number of rotatable bonds is 5. The van der Waals surface area contributed by atoms with Crippen LogP contribution in [0.4, 0.5) is 5.00 Å². The van der Waals surface area contributed by atoms with Crippen LogP contribution in [0.2, 0.25) is 0 Å². The highest BCUT2D eigenvalue weighted by Gasteiger charge is 2.26. The average Bonchev–Trinajstić information content (AvgIpc) is 2.65. The maximum absolute atomic E-state index is 11.6. The van der Waals surface area contributed by atoms with E-state index in [1.54, 1.807) is 6.92 Å². The fourth-order valence-electron chi connectivity index (χ4n) is 1.49. The Morgan fingerprint density at radius 2 is 2.06 bits per heavy atom. The third-order valence-electron chi connectivity index (χ3n) is 2.48. The third kappa shape index (κ3) is 2.98. The number of aryl methyl sites for hydroxylation is 1. The first kappa shape index (κ1) is 14.4. The summed E-state index contributed by atoms with van der Waals surface area (Å²) in [5, 5.41) is 12.4. The second-order valence-electron chi connectivity index (χ2n) is 4.17. The number of carbonyl (C=O) groups is 2. The molecule has 0 spiro atoms. The van der Waals surface area contributed by atoms with Crippen LogP contribution in [0.5, 0.6) is 0 Å². The SMILES string of the molecule is COC(=O)C(Nc1snc(C)c1C(=O)O)C(C)C. The Morgan fingerprint density at radius 3 is 2.50 bits per heavy atom. The molecule has 2 N–H and O–H groups in total. The predicted molar refractivity (Wildman–Crippen MR) is 68.1 cm³/mol. The van der Waals surface area contributed by atoms with Crippen molar-refractivity contribution in [1.82, 2.24) is 4.37 Å². The van der Waals surface area contributed by atoms with E-state index in [0.717, 1.165) is 11.5 Å². The van der Waals surface area contributed by atoms with Gasteiger partial charge >= 0.3 is 11.9 Å². The van der Waals surface area contributed by atoms with Crippen molar-refractivity contribution in [3.8, 4) is 0 Å². The molecule has 18 heavy (non-hydrogen) atoms. The number of hydrogen-bond donors (Lipinski definition) is 2. The van der Waals surface area contributed by atoms with E-state index in [-0.39, 0.29) is 11.5 Å². The van der Waals surface area contributed by atoms with E-state index >= 15 is 0 Å². The first-order valence-electron chi connectivity index (χ1n) is 5.42. The summed E-state index contributed by atoms with van der Waals surface area (Å²) < 4.78 is 8.67. The largest absolute Gasteiger partial charge is 0.478 e. The van der Waals surface area contributed by atoms with Crippen molar-refractivity contribution < 1.29 is 19.4 Å². The molecule has 100 valence electrons. The topological polar surface area (TPSA) is 88.5 Å². The number of hydrogen-bond acceptors (Lipinski definition) is 6. The van der Waals surface area contributed by atoms with Crippen LogP contribution in [-0.4, -0.2) is 34.6 Å². The second-order valence-corrected chi connectivity index (χ2v) is 4.94. The van der Waals surface area contributed by atoms with Gasteiger partial charge in [0.25, 0.3) is 0 Å². The average molecular weight is 272 g/mol. The Balaban J connectivity index is 3.01. The minimum absolute atomic E-state index is 0.0264. The van der Waals surface area contributed by atoms with Crippen molar-refractivity contribution in [2.75, 3.05) is 12.4 Å². The number of aromatic carboxylic acids is 1. The Morgan fingerprint density at radius 1 is 1.44 bits per heavy atom. The Hall–Kier alpha value is -1.63. The molecule has 1 aromatic rings. The van der Waals surface area contributed by atoms with Crippen LogP contribution in [0.25, 0.3) is 0 Å². The number of aromatic nitrogens is 1. The molecule has 0 amide bonds. The van der Waals surface area contributed by atoms with E-state index in [2.05, 4.69) is 14.4 Å². The molecule has 7 heteroatoms. The number of ether oxygens (including phenoxy) is 1. The molecule has 0 aliphatic heterocycles. The monoisotopic (exact) mass is 272 g/mol. The molecule has 0 aromatic carbocycles. The van der Waals surface area contributed by atoms with Crippen LogP contribution in [0.15, 0.2) is 0 Å². The standard InChI is InChI=1S/C11H16N2O4S/c1-5(2)8(11(16)17-4)12-9-7(10(14)15)6(3)13-18-9/h5,8,12H,1-4H3,(H,14,15). The molecule has 0 saturated heterocycles. The number of nitrogens with zero attached hydrogens (tertiary/aromatic N) is 1.